The molecule has 0 saturated carbocycles. The van der Waals surface area contributed by atoms with Gasteiger partial charge in [0.15, 0.2) is 0 Å². The van der Waals surface area contributed by atoms with E-state index in [-0.39, 0.29) is 23.6 Å². The molecule has 0 aromatic heterocycles. The molecule has 0 radical (unpaired) electrons. The number of hydrogen-bond donors (Lipinski definition) is 0. The van der Waals surface area contributed by atoms with Crippen molar-refractivity contribution in [3.63, 3.8) is 0 Å². The molecule has 3 nitrogen and oxygen atoms in total. The van der Waals surface area contributed by atoms with Crippen LogP contribution in [0.25, 0.3) is 0 Å². The first-order valence-corrected chi connectivity index (χ1v) is 6.42. The topological polar surface area (TPSA) is 43.4 Å². The fourth-order valence-electron chi connectivity index (χ4n) is 1.81. The van der Waals surface area contributed by atoms with Gasteiger partial charge in [-0.15, -0.1) is 0 Å². The normalized spacial score (nSPS) is 15.6. The Bertz CT molecular complexity index is 402. The summed E-state index contributed by atoms with van der Waals surface area (Å²) in [5, 5.41) is 0. The molecular weight excluding hydrogens is 240 g/mol. The van der Waals surface area contributed by atoms with Crippen molar-refractivity contribution in [2.24, 2.45) is 11.8 Å². The van der Waals surface area contributed by atoms with E-state index in [1.807, 2.05) is 13.0 Å². The van der Waals surface area contributed by atoms with Crippen molar-refractivity contribution < 1.29 is 14.3 Å². The van der Waals surface area contributed by atoms with E-state index < -0.39 is 0 Å². The average molecular weight is 264 g/mol. The zero-order valence-electron chi connectivity index (χ0n) is 12.5. The van der Waals surface area contributed by atoms with E-state index in [0.717, 1.165) is 5.57 Å². The van der Waals surface area contributed by atoms with E-state index in [1.54, 1.807) is 26.0 Å². The van der Waals surface area contributed by atoms with Crippen molar-refractivity contribution in [1.29, 1.82) is 0 Å². The standard InChI is InChI=1S/C16H24O3/c1-7-15(9-8-11(2)16(18)19-6)14(5)12(3)10-13(4)17/h7-9,12,14H,1,10H2,2-6H3. The molecule has 0 amide bonds. The van der Waals surface area contributed by atoms with Crippen LogP contribution in [0.5, 0.6) is 0 Å². The second-order valence-corrected chi connectivity index (χ2v) is 4.88. The lowest BCUT2D eigenvalue weighted by Gasteiger charge is -2.19. The minimum Gasteiger partial charge on any atom is -0.466 e. The van der Waals surface area contributed by atoms with Gasteiger partial charge in [-0.2, -0.15) is 0 Å². The van der Waals surface area contributed by atoms with Crippen LogP contribution in [0.3, 0.4) is 0 Å². The molecule has 3 heteroatoms. The maximum Gasteiger partial charge on any atom is 0.333 e. The zero-order chi connectivity index (χ0) is 15.0. The molecule has 2 atom stereocenters. The lowest BCUT2D eigenvalue weighted by Crippen LogP contribution is -2.13. The molecule has 0 aliphatic carbocycles. The van der Waals surface area contributed by atoms with Crippen LogP contribution in [0, 0.1) is 11.8 Å². The predicted octanol–water partition coefficient (Wildman–Crippen LogP) is 3.47. The Morgan fingerprint density at radius 2 is 1.79 bits per heavy atom. The highest BCUT2D eigenvalue weighted by molar-refractivity contribution is 5.88. The first-order valence-electron chi connectivity index (χ1n) is 6.42. The van der Waals surface area contributed by atoms with E-state index in [0.29, 0.717) is 12.0 Å². The number of carbonyl (C=O) groups excluding carboxylic acids is 2. The fraction of sp³-hybridized carbons (Fsp3) is 0.500. The molecule has 0 spiro atoms. The number of hydrogen-bond acceptors (Lipinski definition) is 3. The van der Waals surface area contributed by atoms with Gasteiger partial charge in [0.2, 0.25) is 0 Å². The van der Waals surface area contributed by atoms with Gasteiger partial charge in [-0.05, 0) is 31.3 Å². The van der Waals surface area contributed by atoms with Gasteiger partial charge in [0.05, 0.1) is 7.11 Å². The van der Waals surface area contributed by atoms with Crippen LogP contribution >= 0.6 is 0 Å². The predicted molar refractivity (Wildman–Crippen MR) is 77.7 cm³/mol. The Hall–Kier alpha value is -1.64. The van der Waals surface area contributed by atoms with Gasteiger partial charge in [0.1, 0.15) is 5.78 Å². The lowest BCUT2D eigenvalue weighted by molar-refractivity contribution is -0.136. The van der Waals surface area contributed by atoms with Crippen LogP contribution in [0.4, 0.5) is 0 Å². The summed E-state index contributed by atoms with van der Waals surface area (Å²) < 4.78 is 4.63. The Morgan fingerprint density at radius 3 is 2.21 bits per heavy atom. The zero-order valence-corrected chi connectivity index (χ0v) is 12.5. The van der Waals surface area contributed by atoms with Crippen LogP contribution < -0.4 is 0 Å². The molecule has 0 fully saturated rings. The largest absolute Gasteiger partial charge is 0.466 e. The van der Waals surface area contributed by atoms with Gasteiger partial charge in [0, 0.05) is 12.0 Å². The number of ether oxygens (including phenoxy) is 1. The summed E-state index contributed by atoms with van der Waals surface area (Å²) in [6, 6.07) is 0. The molecule has 0 bridgehead atoms. The van der Waals surface area contributed by atoms with Crippen LogP contribution in [0.15, 0.2) is 36.0 Å². The lowest BCUT2D eigenvalue weighted by atomic mass is 9.85. The van der Waals surface area contributed by atoms with E-state index in [1.165, 1.54) is 7.11 Å². The number of methoxy groups -OCH3 is 1. The fourth-order valence-corrected chi connectivity index (χ4v) is 1.81. The Labute approximate surface area is 116 Å². The molecule has 0 aliphatic rings. The summed E-state index contributed by atoms with van der Waals surface area (Å²) in [7, 11) is 1.36. The number of esters is 1. The van der Waals surface area contributed by atoms with Crippen molar-refractivity contribution in [2.45, 2.75) is 34.1 Å². The van der Waals surface area contributed by atoms with Gasteiger partial charge in [-0.1, -0.05) is 38.7 Å². The minimum absolute atomic E-state index is 0.184. The van der Waals surface area contributed by atoms with Crippen molar-refractivity contribution in [1.82, 2.24) is 0 Å². The maximum atomic E-state index is 11.3. The molecule has 0 saturated heterocycles. The number of allylic oxidation sites excluding steroid dienone is 4. The minimum atomic E-state index is -0.343. The third-order valence-corrected chi connectivity index (χ3v) is 3.26. The molecule has 0 aromatic carbocycles. The summed E-state index contributed by atoms with van der Waals surface area (Å²) >= 11 is 0. The van der Waals surface area contributed by atoms with Crippen molar-refractivity contribution >= 4 is 11.8 Å². The van der Waals surface area contributed by atoms with Gasteiger partial charge >= 0.3 is 5.97 Å². The first kappa shape index (κ1) is 17.4. The number of ketones is 1. The molecule has 0 heterocycles. The van der Waals surface area contributed by atoms with E-state index in [9.17, 15) is 9.59 Å². The molecule has 2 unspecified atom stereocenters. The first-order chi connectivity index (χ1) is 8.83. The summed E-state index contributed by atoms with van der Waals surface area (Å²) in [6.45, 7) is 11.2. The van der Waals surface area contributed by atoms with E-state index >= 15 is 0 Å². The van der Waals surface area contributed by atoms with E-state index in [4.69, 9.17) is 0 Å². The molecule has 0 N–H and O–H groups in total. The second kappa shape index (κ2) is 8.46. The monoisotopic (exact) mass is 264 g/mol. The van der Waals surface area contributed by atoms with Crippen molar-refractivity contribution in [3.05, 3.63) is 36.0 Å². The highest BCUT2D eigenvalue weighted by Gasteiger charge is 2.16. The Kier molecular flexibility index (Phi) is 7.73. The van der Waals surface area contributed by atoms with Crippen molar-refractivity contribution in [2.75, 3.05) is 7.11 Å². The Balaban J connectivity index is 4.95. The van der Waals surface area contributed by atoms with Crippen LogP contribution in [0.1, 0.15) is 34.1 Å². The van der Waals surface area contributed by atoms with Crippen LogP contribution in [-0.4, -0.2) is 18.9 Å². The summed E-state index contributed by atoms with van der Waals surface area (Å²) in [6.07, 6.45) is 5.90. The smallest absolute Gasteiger partial charge is 0.333 e. The third kappa shape index (κ3) is 6.18. The van der Waals surface area contributed by atoms with Gasteiger partial charge < -0.3 is 9.53 Å². The maximum absolute atomic E-state index is 11.3. The molecule has 106 valence electrons. The summed E-state index contributed by atoms with van der Waals surface area (Å²) in [4.78, 5) is 22.4. The molecule has 0 rings (SSSR count). The average Bonchev–Trinajstić information content (AvgIpc) is 2.36. The van der Waals surface area contributed by atoms with Crippen LogP contribution in [-0.2, 0) is 14.3 Å². The molecular formula is C16H24O3. The highest BCUT2D eigenvalue weighted by Crippen LogP contribution is 2.24. The van der Waals surface area contributed by atoms with Gasteiger partial charge in [0.25, 0.3) is 0 Å². The second-order valence-electron chi connectivity index (χ2n) is 4.88. The highest BCUT2D eigenvalue weighted by atomic mass is 16.5. The molecule has 0 aliphatic heterocycles. The van der Waals surface area contributed by atoms with Crippen molar-refractivity contribution in [3.8, 4) is 0 Å². The summed E-state index contributed by atoms with van der Waals surface area (Å²) in [5.74, 6) is 0.296. The molecule has 19 heavy (non-hydrogen) atoms. The molecule has 0 aromatic rings. The SMILES string of the molecule is C=CC(=CC=C(C)C(=O)OC)C(C)C(C)CC(C)=O. The van der Waals surface area contributed by atoms with Gasteiger partial charge in [-0.3, -0.25) is 0 Å². The quantitative estimate of drug-likeness (QED) is 0.402. The number of rotatable bonds is 7. The van der Waals surface area contributed by atoms with E-state index in [2.05, 4.69) is 18.2 Å². The Morgan fingerprint density at radius 1 is 1.21 bits per heavy atom. The number of Topliss-reactive ketones (excluding diaryl/α,β-unsaturated/α-hetero) is 1. The third-order valence-electron chi connectivity index (χ3n) is 3.26. The summed E-state index contributed by atoms with van der Waals surface area (Å²) in [5.41, 5.74) is 1.55. The van der Waals surface area contributed by atoms with Gasteiger partial charge in [-0.25, -0.2) is 4.79 Å². The number of carbonyl (C=O) groups is 2. The van der Waals surface area contributed by atoms with Crippen LogP contribution in [0.2, 0.25) is 0 Å².